The summed E-state index contributed by atoms with van der Waals surface area (Å²) in [5.74, 6) is 0. The van der Waals surface area contributed by atoms with E-state index in [1.807, 2.05) is 23.8 Å². The maximum Gasteiger partial charge on any atom is 0.250 e. The Hall–Kier alpha value is -1.05. The van der Waals surface area contributed by atoms with Gasteiger partial charge in [-0.25, -0.2) is 0 Å². The molecule has 0 atom stereocenters. The number of pyridine rings is 1. The molecule has 2 nitrogen and oxygen atoms in total. The van der Waals surface area contributed by atoms with Crippen molar-refractivity contribution in [3.05, 3.63) is 34.2 Å². The van der Waals surface area contributed by atoms with Crippen LogP contribution in [0.2, 0.25) is 0 Å². The fraction of sp³-hybridized carbons (Fsp3) is 0.667. The minimum atomic E-state index is 0.135. The minimum Gasteiger partial charge on any atom is -0.316 e. The van der Waals surface area contributed by atoms with Crippen molar-refractivity contribution in [2.75, 3.05) is 0 Å². The second-order valence-electron chi connectivity index (χ2n) is 4.86. The lowest BCUT2D eigenvalue weighted by molar-refractivity contribution is 0.542. The number of unbranched alkanes of at least 4 members (excludes halogenated alkanes) is 6. The monoisotopic (exact) mass is 235 g/mol. The number of aromatic nitrogens is 1. The first-order valence-electron chi connectivity index (χ1n) is 6.91. The van der Waals surface area contributed by atoms with Crippen LogP contribution in [0.5, 0.6) is 0 Å². The minimum absolute atomic E-state index is 0.135. The average Bonchev–Trinajstić information content (AvgIpc) is 2.30. The number of rotatable bonds is 8. The molecule has 1 rings (SSSR count). The van der Waals surface area contributed by atoms with Gasteiger partial charge >= 0.3 is 0 Å². The van der Waals surface area contributed by atoms with Gasteiger partial charge in [0.25, 0.3) is 5.56 Å². The van der Waals surface area contributed by atoms with Gasteiger partial charge in [0.15, 0.2) is 0 Å². The van der Waals surface area contributed by atoms with E-state index in [1.54, 1.807) is 6.07 Å². The Labute approximate surface area is 105 Å². The molecule has 0 fully saturated rings. The first kappa shape index (κ1) is 14.0. The molecular formula is C15H25NO. The molecule has 0 unspecified atom stereocenters. The molecule has 1 aromatic heterocycles. The molecule has 0 amide bonds. The first-order chi connectivity index (χ1) is 8.24. The van der Waals surface area contributed by atoms with E-state index in [4.69, 9.17) is 0 Å². The summed E-state index contributed by atoms with van der Waals surface area (Å²) < 4.78 is 1.82. The maximum absolute atomic E-state index is 11.6. The second-order valence-corrected chi connectivity index (χ2v) is 4.86. The van der Waals surface area contributed by atoms with Gasteiger partial charge in [0.05, 0.1) is 0 Å². The van der Waals surface area contributed by atoms with Gasteiger partial charge in [0.2, 0.25) is 0 Å². The molecule has 0 aliphatic heterocycles. The SMILES string of the molecule is CCCCCCCCCn1ccc(C)cc1=O. The Morgan fingerprint density at radius 3 is 2.35 bits per heavy atom. The summed E-state index contributed by atoms with van der Waals surface area (Å²) in [4.78, 5) is 11.6. The maximum atomic E-state index is 11.6. The van der Waals surface area contributed by atoms with Crippen LogP contribution in [0.4, 0.5) is 0 Å². The van der Waals surface area contributed by atoms with Crippen LogP contribution in [0.3, 0.4) is 0 Å². The molecule has 17 heavy (non-hydrogen) atoms. The zero-order chi connectivity index (χ0) is 12.5. The van der Waals surface area contributed by atoms with E-state index in [0.29, 0.717) is 0 Å². The Kier molecular flexibility index (Phi) is 6.68. The van der Waals surface area contributed by atoms with E-state index in [1.165, 1.54) is 38.5 Å². The van der Waals surface area contributed by atoms with Crippen LogP contribution in [0.15, 0.2) is 23.1 Å². The van der Waals surface area contributed by atoms with Crippen LogP contribution >= 0.6 is 0 Å². The molecule has 0 aliphatic rings. The van der Waals surface area contributed by atoms with Crippen molar-refractivity contribution in [3.8, 4) is 0 Å². The van der Waals surface area contributed by atoms with Crippen molar-refractivity contribution >= 4 is 0 Å². The summed E-state index contributed by atoms with van der Waals surface area (Å²) in [5, 5.41) is 0. The molecule has 0 aliphatic carbocycles. The lowest BCUT2D eigenvalue weighted by Gasteiger charge is -2.05. The molecule has 0 saturated carbocycles. The van der Waals surface area contributed by atoms with E-state index < -0.39 is 0 Å². The number of hydrogen-bond donors (Lipinski definition) is 0. The van der Waals surface area contributed by atoms with Crippen LogP contribution in [0, 0.1) is 6.92 Å². The van der Waals surface area contributed by atoms with Crippen LogP contribution in [-0.4, -0.2) is 4.57 Å². The van der Waals surface area contributed by atoms with Gasteiger partial charge in [-0.05, 0) is 25.0 Å². The third-order valence-corrected chi connectivity index (χ3v) is 3.15. The fourth-order valence-corrected chi connectivity index (χ4v) is 2.03. The van der Waals surface area contributed by atoms with Gasteiger partial charge in [-0.2, -0.15) is 0 Å². The quantitative estimate of drug-likeness (QED) is 0.626. The van der Waals surface area contributed by atoms with Crippen molar-refractivity contribution in [2.45, 2.75) is 65.3 Å². The molecule has 1 aromatic rings. The van der Waals surface area contributed by atoms with Crippen LogP contribution in [-0.2, 0) is 6.54 Å². The zero-order valence-electron chi connectivity index (χ0n) is 11.2. The fourth-order valence-electron chi connectivity index (χ4n) is 2.03. The molecule has 2 heteroatoms. The summed E-state index contributed by atoms with van der Waals surface area (Å²) in [5.41, 5.74) is 1.18. The highest BCUT2D eigenvalue weighted by Gasteiger charge is 1.96. The summed E-state index contributed by atoms with van der Waals surface area (Å²) in [6.07, 6.45) is 10.9. The van der Waals surface area contributed by atoms with Gasteiger partial charge in [-0.3, -0.25) is 4.79 Å². The van der Waals surface area contributed by atoms with E-state index >= 15 is 0 Å². The predicted octanol–water partition coefficient (Wildman–Crippen LogP) is 3.91. The van der Waals surface area contributed by atoms with Gasteiger partial charge in [-0.15, -0.1) is 0 Å². The lowest BCUT2D eigenvalue weighted by atomic mass is 10.1. The largest absolute Gasteiger partial charge is 0.316 e. The zero-order valence-corrected chi connectivity index (χ0v) is 11.2. The van der Waals surface area contributed by atoms with Crippen molar-refractivity contribution in [1.82, 2.24) is 4.57 Å². The van der Waals surface area contributed by atoms with Crippen LogP contribution in [0.25, 0.3) is 0 Å². The molecule has 0 radical (unpaired) electrons. The third-order valence-electron chi connectivity index (χ3n) is 3.15. The van der Waals surface area contributed by atoms with Gasteiger partial charge in [-0.1, -0.05) is 45.4 Å². The summed E-state index contributed by atoms with van der Waals surface area (Å²) in [6.45, 7) is 5.07. The van der Waals surface area contributed by atoms with Gasteiger partial charge in [0.1, 0.15) is 0 Å². The number of aryl methyl sites for hydroxylation is 2. The molecular weight excluding hydrogens is 210 g/mol. The Bertz CT molecular complexity index is 367. The molecule has 0 aromatic carbocycles. The first-order valence-corrected chi connectivity index (χ1v) is 6.91. The van der Waals surface area contributed by atoms with Crippen molar-refractivity contribution in [2.24, 2.45) is 0 Å². The number of nitrogens with zero attached hydrogens (tertiary/aromatic N) is 1. The standard InChI is InChI=1S/C15H25NO/c1-3-4-5-6-7-8-9-11-16-12-10-14(2)13-15(16)17/h10,12-13H,3-9,11H2,1-2H3. The number of hydrogen-bond acceptors (Lipinski definition) is 1. The van der Waals surface area contributed by atoms with Gasteiger partial charge in [0, 0.05) is 18.8 Å². The Balaban J connectivity index is 2.16. The Morgan fingerprint density at radius 1 is 1.06 bits per heavy atom. The highest BCUT2D eigenvalue weighted by Crippen LogP contribution is 2.07. The molecule has 0 saturated heterocycles. The average molecular weight is 235 g/mol. The smallest absolute Gasteiger partial charge is 0.250 e. The predicted molar refractivity (Wildman–Crippen MR) is 73.4 cm³/mol. The van der Waals surface area contributed by atoms with Crippen LogP contribution in [0.1, 0.15) is 57.4 Å². The topological polar surface area (TPSA) is 22.0 Å². The molecule has 0 bridgehead atoms. The van der Waals surface area contributed by atoms with Crippen molar-refractivity contribution in [3.63, 3.8) is 0 Å². The molecule has 1 heterocycles. The van der Waals surface area contributed by atoms with E-state index in [-0.39, 0.29) is 5.56 Å². The van der Waals surface area contributed by atoms with E-state index in [0.717, 1.165) is 18.5 Å². The van der Waals surface area contributed by atoms with E-state index in [2.05, 4.69) is 6.92 Å². The molecule has 0 spiro atoms. The lowest BCUT2D eigenvalue weighted by Crippen LogP contribution is -2.18. The normalized spacial score (nSPS) is 10.7. The molecule has 96 valence electrons. The van der Waals surface area contributed by atoms with E-state index in [9.17, 15) is 4.79 Å². The summed E-state index contributed by atoms with van der Waals surface area (Å²) in [7, 11) is 0. The molecule has 0 N–H and O–H groups in total. The second kappa shape index (κ2) is 8.10. The summed E-state index contributed by atoms with van der Waals surface area (Å²) in [6, 6.07) is 3.71. The Morgan fingerprint density at radius 2 is 1.71 bits per heavy atom. The van der Waals surface area contributed by atoms with Gasteiger partial charge < -0.3 is 4.57 Å². The van der Waals surface area contributed by atoms with Crippen molar-refractivity contribution in [1.29, 1.82) is 0 Å². The van der Waals surface area contributed by atoms with Crippen molar-refractivity contribution < 1.29 is 0 Å². The third kappa shape index (κ3) is 5.71. The highest BCUT2D eigenvalue weighted by molar-refractivity contribution is 5.07. The summed E-state index contributed by atoms with van der Waals surface area (Å²) >= 11 is 0. The highest BCUT2D eigenvalue weighted by atomic mass is 16.1. The van der Waals surface area contributed by atoms with Crippen LogP contribution < -0.4 is 5.56 Å².